The average molecular weight is 464 g/mol. The number of nitrogens with two attached hydrogens (primary N) is 2. The van der Waals surface area contributed by atoms with Crippen molar-refractivity contribution in [2.45, 2.75) is 51.8 Å². The molecular weight excluding hydrogens is 430 g/mol. The van der Waals surface area contributed by atoms with Crippen LogP contribution in [0.25, 0.3) is 10.4 Å². The van der Waals surface area contributed by atoms with Gasteiger partial charge in [0.1, 0.15) is 0 Å². The van der Waals surface area contributed by atoms with Crippen molar-refractivity contribution in [3.05, 3.63) is 41.0 Å². The van der Waals surface area contributed by atoms with Crippen LogP contribution >= 0.6 is 11.3 Å². The van der Waals surface area contributed by atoms with Crippen molar-refractivity contribution in [1.82, 2.24) is 15.2 Å². The normalized spacial score (nSPS) is 15.0. The Morgan fingerprint density at radius 1 is 1.34 bits per heavy atom. The van der Waals surface area contributed by atoms with E-state index in [-0.39, 0.29) is 18.4 Å². The molecule has 0 aliphatic carbocycles. The Morgan fingerprint density at radius 3 is 2.41 bits per heavy atom. The maximum absolute atomic E-state index is 11.5. The summed E-state index contributed by atoms with van der Waals surface area (Å²) in [4.78, 5) is 37.4. The first-order valence-electron chi connectivity index (χ1n) is 10.2. The fraction of sp³-hybridized carbons (Fsp3) is 0.455. The van der Waals surface area contributed by atoms with E-state index in [1.165, 1.54) is 10.4 Å². The van der Waals surface area contributed by atoms with Crippen LogP contribution in [0.1, 0.15) is 37.9 Å². The third kappa shape index (κ3) is 9.99. The Morgan fingerprint density at radius 2 is 1.97 bits per heavy atom. The number of aliphatic hydroxyl groups is 1. The molecule has 32 heavy (non-hydrogen) atoms. The summed E-state index contributed by atoms with van der Waals surface area (Å²) >= 11 is 1.64. The number of primary amides is 1. The first-order valence-corrected chi connectivity index (χ1v) is 11.1. The molecule has 0 bridgehead atoms. The lowest BCUT2D eigenvalue weighted by Crippen LogP contribution is -2.40. The van der Waals surface area contributed by atoms with E-state index in [4.69, 9.17) is 10.5 Å². The maximum Gasteiger partial charge on any atom is 0.224 e. The van der Waals surface area contributed by atoms with Gasteiger partial charge in [-0.25, -0.2) is 4.98 Å². The number of hydrogen-bond donors (Lipinski definition) is 4. The van der Waals surface area contributed by atoms with E-state index in [9.17, 15) is 14.7 Å². The van der Waals surface area contributed by atoms with Crippen LogP contribution in [0.5, 0.6) is 0 Å². The number of thiazole rings is 1. The summed E-state index contributed by atoms with van der Waals surface area (Å²) in [6.07, 6.45) is 1.65. The topological polar surface area (TPSA) is 152 Å². The molecule has 3 amide bonds. The predicted molar refractivity (Wildman–Crippen MR) is 126 cm³/mol. The molecular formula is C22H33N5O4S. The van der Waals surface area contributed by atoms with Gasteiger partial charge >= 0.3 is 0 Å². The van der Waals surface area contributed by atoms with Crippen LogP contribution in [0.15, 0.2) is 29.8 Å². The maximum atomic E-state index is 11.5. The summed E-state index contributed by atoms with van der Waals surface area (Å²) in [5.74, 6) is 0.0454. The molecule has 1 aliphatic rings. The van der Waals surface area contributed by atoms with Crippen LogP contribution in [0.4, 0.5) is 0 Å². The molecule has 1 unspecified atom stereocenters. The van der Waals surface area contributed by atoms with E-state index in [1.807, 2.05) is 38.4 Å². The first-order chi connectivity index (χ1) is 15.1. The number of hydrogen-bond acceptors (Lipinski definition) is 7. The smallest absolute Gasteiger partial charge is 0.224 e. The van der Waals surface area contributed by atoms with Crippen molar-refractivity contribution in [1.29, 1.82) is 0 Å². The Labute approximate surface area is 192 Å². The molecule has 9 nitrogen and oxygen atoms in total. The Bertz CT molecular complexity index is 849. The fourth-order valence-electron chi connectivity index (χ4n) is 2.98. The SMILES string of the molecule is CC(C)(N)CC(=O)N1CCC(O)C1.Cc1ncsc1-c1ccc(CNC=O)cc1.NC=O. The summed E-state index contributed by atoms with van der Waals surface area (Å²) in [5.41, 5.74) is 14.6. The van der Waals surface area contributed by atoms with E-state index in [2.05, 4.69) is 28.2 Å². The second kappa shape index (κ2) is 13.6. The van der Waals surface area contributed by atoms with Crippen LogP contribution < -0.4 is 16.8 Å². The predicted octanol–water partition coefficient (Wildman–Crippen LogP) is 1.17. The second-order valence-corrected chi connectivity index (χ2v) is 8.90. The summed E-state index contributed by atoms with van der Waals surface area (Å²) in [6, 6.07) is 8.15. The number of nitrogens with zero attached hydrogens (tertiary/aromatic N) is 2. The van der Waals surface area contributed by atoms with Crippen molar-refractivity contribution in [2.75, 3.05) is 13.1 Å². The van der Waals surface area contributed by atoms with Crippen LogP contribution in [0.2, 0.25) is 0 Å². The molecule has 1 saturated heterocycles. The summed E-state index contributed by atoms with van der Waals surface area (Å²) in [5, 5.41) is 11.9. The molecule has 1 fully saturated rings. The van der Waals surface area contributed by atoms with Crippen molar-refractivity contribution in [2.24, 2.45) is 11.5 Å². The summed E-state index contributed by atoms with van der Waals surface area (Å²) < 4.78 is 0. The van der Waals surface area contributed by atoms with Gasteiger partial charge in [0, 0.05) is 31.6 Å². The number of amides is 3. The van der Waals surface area contributed by atoms with Gasteiger partial charge in [0.05, 0.1) is 22.2 Å². The van der Waals surface area contributed by atoms with Gasteiger partial charge < -0.3 is 26.8 Å². The highest BCUT2D eigenvalue weighted by Gasteiger charge is 2.27. The highest BCUT2D eigenvalue weighted by atomic mass is 32.1. The molecule has 0 saturated carbocycles. The minimum atomic E-state index is -0.454. The largest absolute Gasteiger partial charge is 0.391 e. The van der Waals surface area contributed by atoms with Gasteiger partial charge in [0.2, 0.25) is 18.7 Å². The molecule has 1 aromatic carbocycles. The molecule has 0 radical (unpaired) electrons. The van der Waals surface area contributed by atoms with Crippen molar-refractivity contribution < 1.29 is 19.5 Å². The molecule has 2 aromatic rings. The first kappa shape index (κ1) is 27.2. The third-order valence-corrected chi connectivity index (χ3v) is 5.45. The molecule has 1 atom stereocenters. The molecule has 0 spiro atoms. The molecule has 1 aliphatic heterocycles. The van der Waals surface area contributed by atoms with E-state index in [0.29, 0.717) is 38.9 Å². The molecule has 10 heteroatoms. The van der Waals surface area contributed by atoms with Crippen molar-refractivity contribution in [3.63, 3.8) is 0 Å². The van der Waals surface area contributed by atoms with Crippen LogP contribution in [-0.4, -0.2) is 58.5 Å². The lowest BCUT2D eigenvalue weighted by Gasteiger charge is -2.22. The molecule has 2 heterocycles. The number of nitrogens with one attached hydrogen (secondary N) is 1. The van der Waals surface area contributed by atoms with E-state index in [1.54, 1.807) is 16.2 Å². The zero-order valence-corrected chi connectivity index (χ0v) is 19.6. The number of β-amino-alcohol motifs (C(OH)–C–C–N with tert-alkyl or cyclic N) is 1. The number of carbonyl (C=O) groups is 3. The van der Waals surface area contributed by atoms with Crippen LogP contribution in [-0.2, 0) is 20.9 Å². The number of carbonyl (C=O) groups excluding carboxylic acids is 3. The lowest BCUT2D eigenvalue weighted by atomic mass is 10.0. The van der Waals surface area contributed by atoms with Gasteiger partial charge in [0.25, 0.3) is 0 Å². The summed E-state index contributed by atoms with van der Waals surface area (Å²) in [7, 11) is 0. The highest BCUT2D eigenvalue weighted by molar-refractivity contribution is 7.13. The Hall–Kier alpha value is -2.82. The zero-order chi connectivity index (χ0) is 24.1. The number of aromatic nitrogens is 1. The fourth-order valence-corrected chi connectivity index (χ4v) is 3.79. The van der Waals surface area contributed by atoms with Gasteiger partial charge in [-0.15, -0.1) is 11.3 Å². The van der Waals surface area contributed by atoms with Gasteiger partial charge in [-0.1, -0.05) is 24.3 Å². The van der Waals surface area contributed by atoms with Gasteiger partial charge in [-0.2, -0.15) is 0 Å². The Balaban J connectivity index is 0.000000291. The number of aryl methyl sites for hydroxylation is 1. The van der Waals surface area contributed by atoms with E-state index in [0.717, 1.165) is 11.3 Å². The average Bonchev–Trinajstić information content (AvgIpc) is 3.35. The number of benzene rings is 1. The van der Waals surface area contributed by atoms with E-state index >= 15 is 0 Å². The standard InChI is InChI=1S/C12H12N2OS.C9H18N2O2.CH3NO/c1-9-12(16-8-14-9)11-4-2-10(3-5-11)6-13-7-15;1-9(2,10)5-8(13)11-4-3-7(12)6-11;2-1-3/h2-5,7-8H,6H2,1H3,(H,13,15);7,12H,3-6,10H2,1-2H3;1H,(H2,2,3). The molecule has 3 rings (SSSR count). The minimum Gasteiger partial charge on any atom is -0.391 e. The monoisotopic (exact) mass is 463 g/mol. The van der Waals surface area contributed by atoms with Crippen LogP contribution in [0, 0.1) is 6.92 Å². The second-order valence-electron chi connectivity index (χ2n) is 8.05. The number of likely N-dealkylation sites (tertiary alicyclic amines) is 1. The van der Waals surface area contributed by atoms with Crippen molar-refractivity contribution in [3.8, 4) is 10.4 Å². The summed E-state index contributed by atoms with van der Waals surface area (Å²) in [6.45, 7) is 7.37. The van der Waals surface area contributed by atoms with E-state index < -0.39 is 5.54 Å². The van der Waals surface area contributed by atoms with Crippen LogP contribution in [0.3, 0.4) is 0 Å². The molecule has 1 aromatic heterocycles. The lowest BCUT2D eigenvalue weighted by molar-refractivity contribution is -0.131. The van der Waals surface area contributed by atoms with Gasteiger partial charge in [0.15, 0.2) is 0 Å². The molecule has 6 N–H and O–H groups in total. The third-order valence-electron chi connectivity index (χ3n) is 4.47. The van der Waals surface area contributed by atoms with Gasteiger partial charge in [-0.3, -0.25) is 14.4 Å². The number of rotatable bonds is 6. The quantitative estimate of drug-likeness (QED) is 0.472. The van der Waals surface area contributed by atoms with Gasteiger partial charge in [-0.05, 0) is 38.3 Å². The molecule has 176 valence electrons. The van der Waals surface area contributed by atoms with Crippen molar-refractivity contribution >= 4 is 30.1 Å². The highest BCUT2D eigenvalue weighted by Crippen LogP contribution is 2.27. The Kier molecular flexibility index (Phi) is 11.5. The minimum absolute atomic E-state index is 0.0454. The zero-order valence-electron chi connectivity index (χ0n) is 18.8. The number of aliphatic hydroxyl groups excluding tert-OH is 1.